The van der Waals surface area contributed by atoms with E-state index in [4.69, 9.17) is 10.5 Å². The summed E-state index contributed by atoms with van der Waals surface area (Å²) in [5.74, 6) is 0.657. The van der Waals surface area contributed by atoms with Crippen molar-refractivity contribution in [1.29, 1.82) is 0 Å². The minimum absolute atomic E-state index is 0.0233. The Kier molecular flexibility index (Phi) is 4.24. The van der Waals surface area contributed by atoms with E-state index in [1.54, 1.807) is 42.8 Å². The number of rotatable bonds is 5. The van der Waals surface area contributed by atoms with Gasteiger partial charge in [-0.15, -0.1) is 11.3 Å². The van der Waals surface area contributed by atoms with Gasteiger partial charge in [0.2, 0.25) is 0 Å². The maximum absolute atomic E-state index is 12.2. The van der Waals surface area contributed by atoms with E-state index in [-0.39, 0.29) is 5.75 Å². The Labute approximate surface area is 116 Å². The first-order chi connectivity index (χ1) is 9.06. The first kappa shape index (κ1) is 14.0. The zero-order chi connectivity index (χ0) is 13.9. The number of methoxy groups -OCH3 is 1. The van der Waals surface area contributed by atoms with Gasteiger partial charge >= 0.3 is 0 Å². The molecule has 1 aromatic heterocycles. The van der Waals surface area contributed by atoms with Gasteiger partial charge in [0, 0.05) is 12.1 Å². The van der Waals surface area contributed by atoms with Crippen molar-refractivity contribution in [3.8, 4) is 5.75 Å². The van der Waals surface area contributed by atoms with Crippen molar-refractivity contribution in [2.24, 2.45) is 5.73 Å². The molecule has 0 aliphatic rings. The van der Waals surface area contributed by atoms with Crippen LogP contribution in [0, 0.1) is 0 Å². The van der Waals surface area contributed by atoms with Gasteiger partial charge in [-0.05, 0) is 29.1 Å². The maximum Gasteiger partial charge on any atom is 0.191 e. The van der Waals surface area contributed by atoms with E-state index in [9.17, 15) is 8.42 Å². The molecule has 0 spiro atoms. The van der Waals surface area contributed by atoms with Crippen LogP contribution in [0.25, 0.3) is 0 Å². The highest BCUT2D eigenvalue weighted by molar-refractivity contribution is 7.92. The Morgan fingerprint density at radius 2 is 2.11 bits per heavy atom. The highest BCUT2D eigenvalue weighted by Gasteiger charge is 2.17. The van der Waals surface area contributed by atoms with Crippen molar-refractivity contribution in [1.82, 2.24) is 0 Å². The lowest BCUT2D eigenvalue weighted by Crippen LogP contribution is -2.05. The van der Waals surface area contributed by atoms with Crippen molar-refractivity contribution in [3.63, 3.8) is 0 Å². The van der Waals surface area contributed by atoms with Gasteiger partial charge in [-0.25, -0.2) is 8.42 Å². The van der Waals surface area contributed by atoms with Crippen molar-refractivity contribution in [2.45, 2.75) is 16.5 Å². The van der Waals surface area contributed by atoms with Gasteiger partial charge < -0.3 is 10.5 Å². The molecule has 0 aliphatic carbocycles. The van der Waals surface area contributed by atoms with Gasteiger partial charge in [0.25, 0.3) is 0 Å². The maximum atomic E-state index is 12.2. The monoisotopic (exact) mass is 297 g/mol. The van der Waals surface area contributed by atoms with Crippen molar-refractivity contribution in [2.75, 3.05) is 7.11 Å². The Morgan fingerprint density at radius 3 is 2.68 bits per heavy atom. The Morgan fingerprint density at radius 1 is 1.32 bits per heavy atom. The predicted molar refractivity (Wildman–Crippen MR) is 76.1 cm³/mol. The summed E-state index contributed by atoms with van der Waals surface area (Å²) in [6.07, 6.45) is 0. The summed E-state index contributed by atoms with van der Waals surface area (Å²) in [7, 11) is -1.71. The lowest BCUT2D eigenvalue weighted by Gasteiger charge is -2.09. The first-order valence-corrected chi connectivity index (χ1v) is 8.22. The van der Waals surface area contributed by atoms with Crippen LogP contribution in [0.3, 0.4) is 0 Å². The molecule has 0 unspecified atom stereocenters. The molecule has 0 radical (unpaired) electrons. The molecule has 102 valence electrons. The summed E-state index contributed by atoms with van der Waals surface area (Å²) in [5, 5.41) is 1.76. The number of sulfone groups is 1. The van der Waals surface area contributed by atoms with Gasteiger partial charge in [0.15, 0.2) is 9.84 Å². The van der Waals surface area contributed by atoms with E-state index in [0.29, 0.717) is 16.5 Å². The third-order valence-corrected chi connectivity index (χ3v) is 5.90. The number of nitrogens with two attached hydrogens (primary N) is 1. The standard InChI is InChI=1S/C13H15NO3S2/c1-17-12-5-4-10(7-11(12)8-14)9-19(15,16)13-3-2-6-18-13/h2-7H,8-9,14H2,1H3. The Bertz CT molecular complexity index is 649. The van der Waals surface area contributed by atoms with Gasteiger partial charge in [0.1, 0.15) is 9.96 Å². The Hall–Kier alpha value is -1.37. The second kappa shape index (κ2) is 5.73. The van der Waals surface area contributed by atoms with Gasteiger partial charge in [-0.3, -0.25) is 0 Å². The molecule has 0 saturated heterocycles. The van der Waals surface area contributed by atoms with E-state index in [1.807, 2.05) is 0 Å². The third-order valence-electron chi connectivity index (χ3n) is 2.72. The molecule has 19 heavy (non-hydrogen) atoms. The SMILES string of the molecule is COc1ccc(CS(=O)(=O)c2cccs2)cc1CN. The molecule has 2 N–H and O–H groups in total. The molecular formula is C13H15NO3S2. The van der Waals surface area contributed by atoms with Gasteiger partial charge in [0.05, 0.1) is 12.9 Å². The summed E-state index contributed by atoms with van der Waals surface area (Å²) < 4.78 is 29.9. The van der Waals surface area contributed by atoms with Crippen molar-refractivity contribution < 1.29 is 13.2 Å². The van der Waals surface area contributed by atoms with Gasteiger partial charge in [-0.1, -0.05) is 12.1 Å². The van der Waals surface area contributed by atoms with E-state index in [0.717, 1.165) is 11.1 Å². The Balaban J connectivity index is 2.29. The van der Waals surface area contributed by atoms with E-state index < -0.39 is 9.84 Å². The molecular weight excluding hydrogens is 282 g/mol. The number of benzene rings is 1. The van der Waals surface area contributed by atoms with Crippen LogP contribution in [-0.4, -0.2) is 15.5 Å². The topological polar surface area (TPSA) is 69.4 Å². The van der Waals surface area contributed by atoms with Crippen LogP contribution in [0.5, 0.6) is 5.75 Å². The number of thiophene rings is 1. The van der Waals surface area contributed by atoms with Crippen LogP contribution in [-0.2, 0) is 22.1 Å². The van der Waals surface area contributed by atoms with E-state index in [2.05, 4.69) is 0 Å². The van der Waals surface area contributed by atoms with E-state index >= 15 is 0 Å². The molecule has 0 bridgehead atoms. The van der Waals surface area contributed by atoms with Crippen molar-refractivity contribution in [3.05, 3.63) is 46.8 Å². The summed E-state index contributed by atoms with van der Waals surface area (Å²) in [6.45, 7) is 0.316. The summed E-state index contributed by atoms with van der Waals surface area (Å²) in [5.41, 5.74) is 7.15. The molecule has 2 aromatic rings. The predicted octanol–water partition coefficient (Wildman–Crippen LogP) is 2.19. The average molecular weight is 297 g/mol. The van der Waals surface area contributed by atoms with Crippen LogP contribution >= 0.6 is 11.3 Å². The molecule has 0 amide bonds. The average Bonchev–Trinajstić information content (AvgIpc) is 2.93. The largest absolute Gasteiger partial charge is 0.496 e. The minimum atomic E-state index is -3.28. The lowest BCUT2D eigenvalue weighted by atomic mass is 10.1. The van der Waals surface area contributed by atoms with Crippen LogP contribution in [0.15, 0.2) is 39.9 Å². The normalized spacial score (nSPS) is 11.5. The van der Waals surface area contributed by atoms with Crippen molar-refractivity contribution >= 4 is 21.2 Å². The fourth-order valence-corrected chi connectivity index (χ4v) is 4.24. The molecule has 0 aliphatic heterocycles. The van der Waals surface area contributed by atoms with Crippen LogP contribution in [0.1, 0.15) is 11.1 Å². The van der Waals surface area contributed by atoms with E-state index in [1.165, 1.54) is 11.3 Å². The van der Waals surface area contributed by atoms with Gasteiger partial charge in [-0.2, -0.15) is 0 Å². The second-order valence-corrected chi connectivity index (χ2v) is 7.21. The highest BCUT2D eigenvalue weighted by atomic mass is 32.2. The van der Waals surface area contributed by atoms with Crippen LogP contribution in [0.4, 0.5) is 0 Å². The smallest absolute Gasteiger partial charge is 0.191 e. The third kappa shape index (κ3) is 3.15. The first-order valence-electron chi connectivity index (χ1n) is 5.69. The quantitative estimate of drug-likeness (QED) is 0.918. The van der Waals surface area contributed by atoms with Crippen LogP contribution < -0.4 is 10.5 Å². The highest BCUT2D eigenvalue weighted by Crippen LogP contribution is 2.24. The molecule has 2 rings (SSSR count). The minimum Gasteiger partial charge on any atom is -0.496 e. The molecule has 0 fully saturated rings. The molecule has 4 nitrogen and oxygen atoms in total. The fourth-order valence-electron chi connectivity index (χ4n) is 1.81. The zero-order valence-corrected chi connectivity index (χ0v) is 12.1. The molecule has 1 aromatic carbocycles. The number of ether oxygens (including phenoxy) is 1. The second-order valence-electron chi connectivity index (χ2n) is 4.04. The zero-order valence-electron chi connectivity index (χ0n) is 10.5. The summed E-state index contributed by atoms with van der Waals surface area (Å²) >= 11 is 1.23. The lowest BCUT2D eigenvalue weighted by molar-refractivity contribution is 0.409. The molecule has 1 heterocycles. The molecule has 0 saturated carbocycles. The summed E-state index contributed by atoms with van der Waals surface area (Å²) in [6, 6.07) is 8.64. The summed E-state index contributed by atoms with van der Waals surface area (Å²) in [4.78, 5) is 0. The molecule has 6 heteroatoms. The fraction of sp³-hybridized carbons (Fsp3) is 0.231. The number of hydrogen-bond donors (Lipinski definition) is 1. The molecule has 0 atom stereocenters. The number of hydrogen-bond acceptors (Lipinski definition) is 5. The van der Waals surface area contributed by atoms with Crippen LogP contribution in [0.2, 0.25) is 0 Å².